The molecule has 2 N–H and O–H groups in total. The molecule has 1 heterocycles. The minimum absolute atomic E-state index is 0.0550. The van der Waals surface area contributed by atoms with E-state index in [0.29, 0.717) is 25.6 Å². The molecule has 0 radical (unpaired) electrons. The van der Waals surface area contributed by atoms with Crippen molar-refractivity contribution in [3.8, 4) is 0 Å². The van der Waals surface area contributed by atoms with Gasteiger partial charge in [-0.05, 0) is 28.7 Å². The van der Waals surface area contributed by atoms with Crippen molar-refractivity contribution in [2.24, 2.45) is 5.92 Å². The van der Waals surface area contributed by atoms with Gasteiger partial charge in [-0.1, -0.05) is 56.3 Å². The van der Waals surface area contributed by atoms with Crippen LogP contribution in [0.4, 0.5) is 0 Å². The van der Waals surface area contributed by atoms with Gasteiger partial charge in [0.25, 0.3) is 0 Å². The summed E-state index contributed by atoms with van der Waals surface area (Å²) in [6, 6.07) is 14.1. The standard InChI is InChI=1S/C22H29N3O2/c1-16(2)10-11-23-21(26)14-20-22(27)24-12-13-25(20)15-18-8-5-7-17-6-3-4-9-19(17)18/h3-9,16,20H,10-15H2,1-2H3,(H,23,26)(H,24,27)/t20-/m1/s1. The van der Waals surface area contributed by atoms with Crippen LogP contribution >= 0.6 is 0 Å². The van der Waals surface area contributed by atoms with Gasteiger partial charge in [-0.15, -0.1) is 0 Å². The number of piperazine rings is 1. The van der Waals surface area contributed by atoms with Crippen molar-refractivity contribution >= 4 is 22.6 Å². The third kappa shape index (κ3) is 5.07. The SMILES string of the molecule is CC(C)CCNC(=O)C[C@@H]1C(=O)NCCN1Cc1cccc2ccccc12. The molecule has 1 aliphatic rings. The molecule has 3 rings (SSSR count). The molecule has 0 unspecified atom stereocenters. The predicted molar refractivity (Wildman–Crippen MR) is 108 cm³/mol. The zero-order valence-electron chi connectivity index (χ0n) is 16.2. The molecule has 0 aliphatic carbocycles. The molecule has 0 spiro atoms. The van der Waals surface area contributed by atoms with E-state index in [-0.39, 0.29) is 18.2 Å². The summed E-state index contributed by atoms with van der Waals surface area (Å²) in [4.78, 5) is 26.9. The number of carbonyl (C=O) groups excluding carboxylic acids is 2. The molecule has 0 aromatic heterocycles. The molecule has 2 amide bonds. The number of nitrogens with zero attached hydrogens (tertiary/aromatic N) is 1. The molecule has 0 bridgehead atoms. The second kappa shape index (κ2) is 9.00. The topological polar surface area (TPSA) is 61.4 Å². The molecular formula is C22H29N3O2. The monoisotopic (exact) mass is 367 g/mol. The Balaban J connectivity index is 1.70. The van der Waals surface area contributed by atoms with Gasteiger partial charge in [-0.25, -0.2) is 0 Å². The van der Waals surface area contributed by atoms with Gasteiger partial charge in [0.05, 0.1) is 12.5 Å². The molecule has 2 aromatic rings. The second-order valence-electron chi connectivity index (χ2n) is 7.65. The van der Waals surface area contributed by atoms with Crippen molar-refractivity contribution in [3.05, 3.63) is 48.0 Å². The second-order valence-corrected chi connectivity index (χ2v) is 7.65. The molecule has 1 fully saturated rings. The number of hydrogen-bond acceptors (Lipinski definition) is 3. The zero-order chi connectivity index (χ0) is 19.2. The normalized spacial score (nSPS) is 17.9. The van der Waals surface area contributed by atoms with Gasteiger partial charge in [0.2, 0.25) is 11.8 Å². The molecule has 2 aromatic carbocycles. The minimum atomic E-state index is -0.420. The summed E-state index contributed by atoms with van der Waals surface area (Å²) in [5.41, 5.74) is 1.19. The van der Waals surface area contributed by atoms with Crippen LogP contribution in [-0.2, 0) is 16.1 Å². The number of benzene rings is 2. The van der Waals surface area contributed by atoms with Crippen molar-refractivity contribution in [1.82, 2.24) is 15.5 Å². The Kier molecular flexibility index (Phi) is 6.45. The molecule has 1 atom stereocenters. The van der Waals surface area contributed by atoms with E-state index in [2.05, 4.69) is 59.7 Å². The smallest absolute Gasteiger partial charge is 0.237 e. The summed E-state index contributed by atoms with van der Waals surface area (Å²) >= 11 is 0. The molecule has 5 heteroatoms. The van der Waals surface area contributed by atoms with Gasteiger partial charge < -0.3 is 10.6 Å². The number of fused-ring (bicyclic) bond motifs is 1. The first-order valence-electron chi connectivity index (χ1n) is 9.79. The lowest BCUT2D eigenvalue weighted by Crippen LogP contribution is -2.56. The maximum absolute atomic E-state index is 12.4. The van der Waals surface area contributed by atoms with Crippen molar-refractivity contribution in [2.45, 2.75) is 39.3 Å². The average Bonchev–Trinajstić information content (AvgIpc) is 2.64. The number of amides is 2. The van der Waals surface area contributed by atoms with Gasteiger partial charge in [-0.3, -0.25) is 14.5 Å². The first kappa shape index (κ1) is 19.4. The molecular weight excluding hydrogens is 338 g/mol. The zero-order valence-corrected chi connectivity index (χ0v) is 16.2. The van der Waals surface area contributed by atoms with Crippen molar-refractivity contribution < 1.29 is 9.59 Å². The van der Waals surface area contributed by atoms with Gasteiger partial charge in [-0.2, -0.15) is 0 Å². The van der Waals surface area contributed by atoms with Gasteiger partial charge in [0.1, 0.15) is 0 Å². The van der Waals surface area contributed by atoms with E-state index in [1.54, 1.807) is 0 Å². The molecule has 1 aliphatic heterocycles. The Morgan fingerprint density at radius 2 is 2.00 bits per heavy atom. The predicted octanol–water partition coefficient (Wildman–Crippen LogP) is 2.69. The molecule has 0 saturated carbocycles. The number of rotatable bonds is 7. The Hall–Kier alpha value is -2.40. The Morgan fingerprint density at radius 3 is 2.81 bits per heavy atom. The average molecular weight is 367 g/mol. The third-order valence-corrected chi connectivity index (χ3v) is 5.12. The van der Waals surface area contributed by atoms with E-state index in [9.17, 15) is 9.59 Å². The van der Waals surface area contributed by atoms with Crippen LogP contribution in [0, 0.1) is 5.92 Å². The highest BCUT2D eigenvalue weighted by molar-refractivity contribution is 5.89. The summed E-state index contributed by atoms with van der Waals surface area (Å²) in [5, 5.41) is 8.25. The van der Waals surface area contributed by atoms with Crippen LogP contribution in [0.25, 0.3) is 10.8 Å². The van der Waals surface area contributed by atoms with E-state index < -0.39 is 6.04 Å². The van der Waals surface area contributed by atoms with Gasteiger partial charge in [0.15, 0.2) is 0 Å². The third-order valence-electron chi connectivity index (χ3n) is 5.12. The highest BCUT2D eigenvalue weighted by Crippen LogP contribution is 2.22. The van der Waals surface area contributed by atoms with Gasteiger partial charge in [0, 0.05) is 26.2 Å². The Morgan fingerprint density at radius 1 is 1.22 bits per heavy atom. The molecule has 1 saturated heterocycles. The first-order valence-corrected chi connectivity index (χ1v) is 9.79. The highest BCUT2D eigenvalue weighted by Gasteiger charge is 2.31. The quantitative estimate of drug-likeness (QED) is 0.791. The van der Waals surface area contributed by atoms with Crippen LogP contribution in [0.5, 0.6) is 0 Å². The van der Waals surface area contributed by atoms with E-state index in [1.807, 2.05) is 12.1 Å². The van der Waals surface area contributed by atoms with Crippen LogP contribution in [-0.4, -0.2) is 42.4 Å². The maximum Gasteiger partial charge on any atom is 0.237 e. The van der Waals surface area contributed by atoms with E-state index in [4.69, 9.17) is 0 Å². The van der Waals surface area contributed by atoms with Crippen LogP contribution in [0.15, 0.2) is 42.5 Å². The summed E-state index contributed by atoms with van der Waals surface area (Å²) in [7, 11) is 0. The fraction of sp³-hybridized carbons (Fsp3) is 0.455. The number of hydrogen-bond donors (Lipinski definition) is 2. The number of carbonyl (C=O) groups is 2. The molecule has 144 valence electrons. The summed E-state index contributed by atoms with van der Waals surface area (Å²) < 4.78 is 0. The molecule has 27 heavy (non-hydrogen) atoms. The minimum Gasteiger partial charge on any atom is -0.356 e. The lowest BCUT2D eigenvalue weighted by atomic mass is 10.0. The van der Waals surface area contributed by atoms with Crippen molar-refractivity contribution in [1.29, 1.82) is 0 Å². The summed E-state index contributed by atoms with van der Waals surface area (Å²) in [5.74, 6) is 0.437. The maximum atomic E-state index is 12.4. The lowest BCUT2D eigenvalue weighted by Gasteiger charge is -2.35. The van der Waals surface area contributed by atoms with E-state index in [0.717, 1.165) is 13.0 Å². The largest absolute Gasteiger partial charge is 0.356 e. The van der Waals surface area contributed by atoms with Crippen LogP contribution in [0.2, 0.25) is 0 Å². The van der Waals surface area contributed by atoms with Crippen LogP contribution in [0.3, 0.4) is 0 Å². The Bertz CT molecular complexity index is 798. The number of nitrogens with one attached hydrogen (secondary N) is 2. The van der Waals surface area contributed by atoms with Crippen LogP contribution < -0.4 is 10.6 Å². The summed E-state index contributed by atoms with van der Waals surface area (Å²) in [6.07, 6.45) is 1.15. The van der Waals surface area contributed by atoms with Crippen molar-refractivity contribution in [3.63, 3.8) is 0 Å². The fourth-order valence-corrected chi connectivity index (χ4v) is 3.57. The highest BCUT2D eigenvalue weighted by atomic mass is 16.2. The summed E-state index contributed by atoms with van der Waals surface area (Å²) in [6.45, 7) is 6.96. The van der Waals surface area contributed by atoms with E-state index >= 15 is 0 Å². The van der Waals surface area contributed by atoms with Crippen LogP contribution in [0.1, 0.15) is 32.3 Å². The fourth-order valence-electron chi connectivity index (χ4n) is 3.57. The Labute approximate surface area is 161 Å². The van der Waals surface area contributed by atoms with E-state index in [1.165, 1.54) is 16.3 Å². The lowest BCUT2D eigenvalue weighted by molar-refractivity contribution is -0.134. The van der Waals surface area contributed by atoms with Gasteiger partial charge >= 0.3 is 0 Å². The first-order chi connectivity index (χ1) is 13.0. The molecule has 5 nitrogen and oxygen atoms in total. The van der Waals surface area contributed by atoms with Crippen molar-refractivity contribution in [2.75, 3.05) is 19.6 Å².